The molecule has 0 fully saturated rings. The fourth-order valence-electron chi connectivity index (χ4n) is 3.65. The summed E-state index contributed by atoms with van der Waals surface area (Å²) in [6.07, 6.45) is 0. The Morgan fingerprint density at radius 2 is 2.03 bits per heavy atom. The van der Waals surface area contributed by atoms with Crippen LogP contribution in [-0.4, -0.2) is 42.1 Å². The highest BCUT2D eigenvalue weighted by Crippen LogP contribution is 2.42. The van der Waals surface area contributed by atoms with Crippen LogP contribution in [0.4, 0.5) is 16.0 Å². The lowest BCUT2D eigenvalue weighted by Crippen LogP contribution is -2.29. The van der Waals surface area contributed by atoms with Gasteiger partial charge in [-0.15, -0.1) is 0 Å². The van der Waals surface area contributed by atoms with Crippen LogP contribution in [-0.2, 0) is 0 Å². The van der Waals surface area contributed by atoms with Crippen molar-refractivity contribution in [2.24, 2.45) is 0 Å². The van der Waals surface area contributed by atoms with Gasteiger partial charge in [0.25, 0.3) is 5.56 Å². The second kappa shape index (κ2) is 7.20. The Morgan fingerprint density at radius 3 is 2.81 bits per heavy atom. The molecule has 3 heterocycles. The summed E-state index contributed by atoms with van der Waals surface area (Å²) in [6, 6.07) is 9.99. The van der Waals surface area contributed by atoms with Crippen molar-refractivity contribution in [2.45, 2.75) is 13.0 Å². The third-order valence-electron chi connectivity index (χ3n) is 4.99. The number of ether oxygens (including phenoxy) is 1. The molecule has 10 nitrogen and oxygen atoms in total. The standard InChI is InChI=1S/C20H16FN7O3/c1-2-31-14-9-11(5-8-13(14)29)18-15-16(10-3-6-12(21)7-4-10)23-24-19(30)17(15)22-20-25-26-27-28(18)20/h3-9,18,29H,2H2,1H3,(H,24,30)(H,22,25,27)/t18-/m0/s1. The molecule has 4 aromatic rings. The maximum Gasteiger partial charge on any atom is 0.288 e. The summed E-state index contributed by atoms with van der Waals surface area (Å²) in [5.74, 6) is 0.153. The molecule has 0 unspecified atom stereocenters. The number of tetrazole rings is 1. The second-order valence-corrected chi connectivity index (χ2v) is 6.83. The lowest BCUT2D eigenvalue weighted by Gasteiger charge is -2.28. The molecule has 0 amide bonds. The maximum atomic E-state index is 13.5. The van der Waals surface area contributed by atoms with Gasteiger partial charge in [0, 0.05) is 11.1 Å². The molecule has 2 aromatic carbocycles. The van der Waals surface area contributed by atoms with E-state index in [1.165, 1.54) is 22.9 Å². The molecule has 0 spiro atoms. The Balaban J connectivity index is 1.78. The molecular formula is C20H16FN7O3. The molecule has 11 heteroatoms. The number of nitrogens with one attached hydrogen (secondary N) is 2. The number of fused-ring (bicyclic) bond motifs is 2. The zero-order valence-electron chi connectivity index (χ0n) is 16.2. The number of aromatic hydroxyl groups is 1. The summed E-state index contributed by atoms with van der Waals surface area (Å²) < 4.78 is 20.5. The molecule has 1 aliphatic rings. The van der Waals surface area contributed by atoms with Gasteiger partial charge in [-0.05, 0) is 59.3 Å². The van der Waals surface area contributed by atoms with Crippen LogP contribution in [0.3, 0.4) is 0 Å². The van der Waals surface area contributed by atoms with Crippen molar-refractivity contribution in [1.29, 1.82) is 0 Å². The van der Waals surface area contributed by atoms with Crippen LogP contribution < -0.4 is 15.6 Å². The number of benzene rings is 2. The summed E-state index contributed by atoms with van der Waals surface area (Å²) in [6.45, 7) is 2.17. The lowest BCUT2D eigenvalue weighted by atomic mass is 9.92. The summed E-state index contributed by atoms with van der Waals surface area (Å²) >= 11 is 0. The zero-order valence-corrected chi connectivity index (χ0v) is 16.2. The zero-order chi connectivity index (χ0) is 21.5. The number of phenolic OH excluding ortho intramolecular Hbond substituents is 1. The minimum Gasteiger partial charge on any atom is -0.504 e. The summed E-state index contributed by atoms with van der Waals surface area (Å²) in [7, 11) is 0. The normalized spacial score (nSPS) is 14.5. The predicted octanol–water partition coefficient (Wildman–Crippen LogP) is 2.36. The third-order valence-corrected chi connectivity index (χ3v) is 4.99. The number of phenols is 1. The van der Waals surface area contributed by atoms with Gasteiger partial charge in [-0.25, -0.2) is 9.49 Å². The van der Waals surface area contributed by atoms with E-state index < -0.39 is 11.6 Å². The van der Waals surface area contributed by atoms with Crippen molar-refractivity contribution in [3.8, 4) is 22.8 Å². The van der Waals surface area contributed by atoms with Gasteiger partial charge in [0.1, 0.15) is 17.5 Å². The van der Waals surface area contributed by atoms with Gasteiger partial charge in [0.2, 0.25) is 5.95 Å². The van der Waals surface area contributed by atoms with E-state index >= 15 is 0 Å². The monoisotopic (exact) mass is 421 g/mol. The Labute approximate surface area is 174 Å². The predicted molar refractivity (Wildman–Crippen MR) is 108 cm³/mol. The fraction of sp³-hybridized carbons (Fsp3) is 0.150. The Morgan fingerprint density at radius 1 is 1.23 bits per heavy atom. The SMILES string of the molecule is CCOc1cc([C@H]2c3c(-c4ccc(F)cc4)n[nH]c(=O)c3Nc3nnnn32)ccc1O. The number of hydrogen-bond acceptors (Lipinski definition) is 8. The van der Waals surface area contributed by atoms with Crippen molar-refractivity contribution < 1.29 is 14.2 Å². The second-order valence-electron chi connectivity index (χ2n) is 6.83. The molecule has 0 saturated carbocycles. The van der Waals surface area contributed by atoms with Crippen molar-refractivity contribution in [3.05, 3.63) is 69.8 Å². The topological polar surface area (TPSA) is 131 Å². The van der Waals surface area contributed by atoms with E-state index in [9.17, 15) is 14.3 Å². The highest BCUT2D eigenvalue weighted by atomic mass is 19.1. The number of halogens is 1. The average Bonchev–Trinajstić information content (AvgIpc) is 3.24. The molecule has 5 rings (SSSR count). The highest BCUT2D eigenvalue weighted by Gasteiger charge is 2.34. The smallest absolute Gasteiger partial charge is 0.288 e. The van der Waals surface area contributed by atoms with Gasteiger partial charge in [-0.3, -0.25) is 4.79 Å². The number of aromatic nitrogens is 6. The van der Waals surface area contributed by atoms with Crippen LogP contribution in [0.25, 0.3) is 11.3 Å². The minimum atomic E-state index is -0.657. The van der Waals surface area contributed by atoms with Gasteiger partial charge in [-0.2, -0.15) is 9.78 Å². The molecule has 2 aromatic heterocycles. The third kappa shape index (κ3) is 3.06. The van der Waals surface area contributed by atoms with Crippen molar-refractivity contribution >= 4 is 11.6 Å². The van der Waals surface area contributed by atoms with Crippen molar-refractivity contribution in [1.82, 2.24) is 30.4 Å². The van der Waals surface area contributed by atoms with E-state index in [1.54, 1.807) is 24.3 Å². The van der Waals surface area contributed by atoms with E-state index in [0.29, 0.717) is 29.0 Å². The van der Waals surface area contributed by atoms with Crippen LogP contribution in [0.2, 0.25) is 0 Å². The molecular weight excluding hydrogens is 405 g/mol. The molecule has 156 valence electrons. The highest BCUT2D eigenvalue weighted by molar-refractivity contribution is 5.75. The molecule has 31 heavy (non-hydrogen) atoms. The first-order valence-corrected chi connectivity index (χ1v) is 9.46. The van der Waals surface area contributed by atoms with Gasteiger partial charge in [0.05, 0.1) is 12.3 Å². The number of nitrogens with zero attached hydrogens (tertiary/aromatic N) is 5. The van der Waals surface area contributed by atoms with Crippen LogP contribution in [0.15, 0.2) is 47.3 Å². The molecule has 0 aliphatic carbocycles. The van der Waals surface area contributed by atoms with Gasteiger partial charge in [-0.1, -0.05) is 11.2 Å². The quantitative estimate of drug-likeness (QED) is 0.403. The van der Waals surface area contributed by atoms with E-state index in [2.05, 4.69) is 31.0 Å². The first-order chi connectivity index (χ1) is 15.1. The summed E-state index contributed by atoms with van der Waals surface area (Å²) in [4.78, 5) is 12.7. The van der Waals surface area contributed by atoms with Crippen LogP contribution in [0.1, 0.15) is 24.1 Å². The number of hydrogen-bond donors (Lipinski definition) is 3. The number of rotatable bonds is 4. The van der Waals surface area contributed by atoms with Crippen molar-refractivity contribution in [2.75, 3.05) is 11.9 Å². The molecule has 1 aliphatic heterocycles. The van der Waals surface area contributed by atoms with Gasteiger partial charge < -0.3 is 15.2 Å². The molecule has 0 bridgehead atoms. The maximum absolute atomic E-state index is 13.5. The molecule has 0 saturated heterocycles. The summed E-state index contributed by atoms with van der Waals surface area (Å²) in [5.41, 5.74) is 1.97. The number of aromatic amines is 1. The lowest BCUT2D eigenvalue weighted by molar-refractivity contribution is 0.317. The fourth-order valence-corrected chi connectivity index (χ4v) is 3.65. The average molecular weight is 421 g/mol. The molecule has 1 atom stereocenters. The van der Waals surface area contributed by atoms with E-state index in [-0.39, 0.29) is 29.0 Å². The minimum absolute atomic E-state index is 0.0144. The first-order valence-electron chi connectivity index (χ1n) is 9.46. The van der Waals surface area contributed by atoms with E-state index in [1.807, 2.05) is 6.92 Å². The Bertz CT molecular complexity index is 1330. The Hall–Kier alpha value is -4.28. The van der Waals surface area contributed by atoms with Gasteiger partial charge >= 0.3 is 0 Å². The van der Waals surface area contributed by atoms with Crippen LogP contribution >= 0.6 is 0 Å². The molecule has 3 N–H and O–H groups in total. The largest absolute Gasteiger partial charge is 0.504 e. The van der Waals surface area contributed by atoms with E-state index in [0.717, 1.165) is 0 Å². The summed E-state index contributed by atoms with van der Waals surface area (Å²) in [5, 5.41) is 31.5. The molecule has 0 radical (unpaired) electrons. The first kappa shape index (κ1) is 18.7. The van der Waals surface area contributed by atoms with Crippen molar-refractivity contribution in [3.63, 3.8) is 0 Å². The van der Waals surface area contributed by atoms with E-state index in [4.69, 9.17) is 4.74 Å². The van der Waals surface area contributed by atoms with Crippen LogP contribution in [0, 0.1) is 5.82 Å². The van der Waals surface area contributed by atoms with Gasteiger partial charge in [0.15, 0.2) is 11.5 Å². The number of anilines is 2. The van der Waals surface area contributed by atoms with Crippen LogP contribution in [0.5, 0.6) is 11.5 Å². The number of H-pyrrole nitrogens is 1. The Kier molecular flexibility index (Phi) is 4.35.